The number of nitrogens with zero attached hydrogens (tertiary/aromatic N) is 2. The molecule has 1 rings (SSSR count). The summed E-state index contributed by atoms with van der Waals surface area (Å²) in [5.41, 5.74) is 0.355. The number of ether oxygens (including phenoxy) is 1. The van der Waals surface area contributed by atoms with Crippen molar-refractivity contribution in [3.8, 4) is 5.88 Å². The van der Waals surface area contributed by atoms with Gasteiger partial charge in [-0.2, -0.15) is 8.78 Å². The molecule has 0 aromatic carbocycles. The van der Waals surface area contributed by atoms with Crippen molar-refractivity contribution < 1.29 is 13.5 Å². The first-order chi connectivity index (χ1) is 7.34. The van der Waals surface area contributed by atoms with Crippen LogP contribution in [0.25, 0.3) is 0 Å². The van der Waals surface area contributed by atoms with E-state index in [1.165, 1.54) is 13.2 Å². The van der Waals surface area contributed by atoms with Gasteiger partial charge in [-0.1, -0.05) is 13.8 Å². The molecule has 5 heteroatoms. The Hall–Kier alpha value is -1.26. The molecule has 0 unspecified atom stereocenters. The number of methoxy groups -OCH3 is 1. The Bertz CT molecular complexity index is 361. The summed E-state index contributed by atoms with van der Waals surface area (Å²) in [6.45, 7) is 4.82. The van der Waals surface area contributed by atoms with Gasteiger partial charge in [0.15, 0.2) is 0 Å². The predicted octanol–water partition coefficient (Wildman–Crippen LogP) is 2.80. The second-order valence-corrected chi connectivity index (χ2v) is 4.25. The highest BCUT2D eigenvalue weighted by Crippen LogP contribution is 2.28. The minimum Gasteiger partial charge on any atom is -0.480 e. The lowest BCUT2D eigenvalue weighted by molar-refractivity contribution is 0.0115. The highest BCUT2D eigenvalue weighted by atomic mass is 19.3. The van der Waals surface area contributed by atoms with Crippen LogP contribution < -0.4 is 4.74 Å². The second-order valence-electron chi connectivity index (χ2n) is 4.25. The summed E-state index contributed by atoms with van der Waals surface area (Å²) in [7, 11) is 1.46. The van der Waals surface area contributed by atoms with Crippen molar-refractivity contribution in [1.82, 2.24) is 10.2 Å². The molecule has 0 fully saturated rings. The van der Waals surface area contributed by atoms with E-state index >= 15 is 0 Å². The first kappa shape index (κ1) is 12.8. The molecular weight excluding hydrogens is 214 g/mol. The maximum absolute atomic E-state index is 13.1. The first-order valence-electron chi connectivity index (χ1n) is 5.13. The van der Waals surface area contributed by atoms with Crippen molar-refractivity contribution in [3.63, 3.8) is 0 Å². The molecule has 1 aromatic rings. The monoisotopic (exact) mass is 230 g/mol. The smallest absolute Gasteiger partial charge is 0.288 e. The van der Waals surface area contributed by atoms with Gasteiger partial charge < -0.3 is 4.74 Å². The Kier molecular flexibility index (Phi) is 3.78. The fourth-order valence-electron chi connectivity index (χ4n) is 1.39. The Balaban J connectivity index is 3.11. The standard InChI is InChI=1S/C11H16F2N2O/c1-7(2)5-8-6-9(11(3,12)13)14-15-10(8)16-4/h6-7H,5H2,1-4H3. The van der Waals surface area contributed by atoms with Crippen LogP contribution in [0.4, 0.5) is 8.78 Å². The van der Waals surface area contributed by atoms with Crippen LogP contribution in [0.5, 0.6) is 5.88 Å². The van der Waals surface area contributed by atoms with E-state index in [2.05, 4.69) is 10.2 Å². The normalized spacial score (nSPS) is 11.9. The minimum absolute atomic E-state index is 0.316. The van der Waals surface area contributed by atoms with Crippen LogP contribution in [0.1, 0.15) is 32.0 Å². The summed E-state index contributed by atoms with van der Waals surface area (Å²) < 4.78 is 31.1. The highest BCUT2D eigenvalue weighted by molar-refractivity contribution is 5.28. The first-order valence-corrected chi connectivity index (χ1v) is 5.13. The Morgan fingerprint density at radius 3 is 2.44 bits per heavy atom. The van der Waals surface area contributed by atoms with Crippen molar-refractivity contribution in [2.24, 2.45) is 5.92 Å². The number of hydrogen-bond acceptors (Lipinski definition) is 3. The molecule has 0 N–H and O–H groups in total. The molecule has 0 amide bonds. The van der Waals surface area contributed by atoms with Crippen molar-refractivity contribution in [1.29, 1.82) is 0 Å². The quantitative estimate of drug-likeness (QED) is 0.797. The molecule has 0 aliphatic heterocycles. The van der Waals surface area contributed by atoms with Gasteiger partial charge in [0.05, 0.1) is 7.11 Å². The fraction of sp³-hybridized carbons (Fsp3) is 0.636. The number of aromatic nitrogens is 2. The van der Waals surface area contributed by atoms with Gasteiger partial charge in [-0.3, -0.25) is 0 Å². The molecule has 0 saturated heterocycles. The lowest BCUT2D eigenvalue weighted by atomic mass is 10.0. The van der Waals surface area contributed by atoms with Crippen molar-refractivity contribution in [2.75, 3.05) is 7.11 Å². The Labute approximate surface area is 93.8 Å². The molecule has 0 aliphatic carbocycles. The van der Waals surface area contributed by atoms with Gasteiger partial charge in [0.25, 0.3) is 5.92 Å². The van der Waals surface area contributed by atoms with Gasteiger partial charge in [0.1, 0.15) is 5.69 Å². The van der Waals surface area contributed by atoms with Crippen LogP contribution in [-0.2, 0) is 12.3 Å². The number of rotatable bonds is 4. The van der Waals surface area contributed by atoms with Crippen LogP contribution in [0.3, 0.4) is 0 Å². The fourth-order valence-corrected chi connectivity index (χ4v) is 1.39. The minimum atomic E-state index is -2.97. The zero-order valence-corrected chi connectivity index (χ0v) is 9.92. The third-order valence-corrected chi connectivity index (χ3v) is 2.11. The molecule has 1 aromatic heterocycles. The molecule has 0 spiro atoms. The van der Waals surface area contributed by atoms with E-state index < -0.39 is 5.92 Å². The lowest BCUT2D eigenvalue weighted by Crippen LogP contribution is -2.13. The van der Waals surface area contributed by atoms with Crippen molar-refractivity contribution in [3.05, 3.63) is 17.3 Å². The Morgan fingerprint density at radius 1 is 1.38 bits per heavy atom. The van der Waals surface area contributed by atoms with Gasteiger partial charge in [-0.05, 0) is 18.4 Å². The molecule has 1 heterocycles. The van der Waals surface area contributed by atoms with Gasteiger partial charge in [0.2, 0.25) is 5.88 Å². The summed E-state index contributed by atoms with van der Waals surface area (Å²) >= 11 is 0. The lowest BCUT2D eigenvalue weighted by Gasteiger charge is -2.13. The molecular formula is C11H16F2N2O. The molecule has 0 bridgehead atoms. The second kappa shape index (κ2) is 4.72. The average Bonchev–Trinajstić information content (AvgIpc) is 2.15. The average molecular weight is 230 g/mol. The molecule has 0 radical (unpaired) electrons. The van der Waals surface area contributed by atoms with E-state index in [4.69, 9.17) is 4.74 Å². The number of hydrogen-bond donors (Lipinski definition) is 0. The maximum atomic E-state index is 13.1. The van der Waals surface area contributed by atoms with Crippen LogP contribution >= 0.6 is 0 Å². The Morgan fingerprint density at radius 2 is 2.00 bits per heavy atom. The van der Waals surface area contributed by atoms with Crippen LogP contribution in [0, 0.1) is 5.92 Å². The summed E-state index contributed by atoms with van der Waals surface area (Å²) in [5.74, 6) is -2.30. The van der Waals surface area contributed by atoms with Gasteiger partial charge in [-0.25, -0.2) is 0 Å². The largest absolute Gasteiger partial charge is 0.480 e. The van der Waals surface area contributed by atoms with E-state index in [9.17, 15) is 8.78 Å². The SMILES string of the molecule is COc1nnc(C(C)(F)F)cc1CC(C)C. The third-order valence-electron chi connectivity index (χ3n) is 2.11. The van der Waals surface area contributed by atoms with Crippen LogP contribution in [-0.4, -0.2) is 17.3 Å². The topological polar surface area (TPSA) is 35.0 Å². The molecule has 0 aliphatic rings. The number of halogens is 2. The van der Waals surface area contributed by atoms with Crippen LogP contribution in [0.15, 0.2) is 6.07 Å². The predicted molar refractivity (Wildman–Crippen MR) is 56.7 cm³/mol. The van der Waals surface area contributed by atoms with Gasteiger partial charge in [-0.15, -0.1) is 10.2 Å². The molecule has 16 heavy (non-hydrogen) atoms. The summed E-state index contributed by atoms with van der Waals surface area (Å²) in [6.07, 6.45) is 0.641. The molecule has 0 atom stereocenters. The van der Waals surface area contributed by atoms with Gasteiger partial charge in [0, 0.05) is 12.5 Å². The third kappa shape index (κ3) is 3.12. The van der Waals surface area contributed by atoms with E-state index in [0.29, 0.717) is 23.8 Å². The van der Waals surface area contributed by atoms with E-state index in [1.54, 1.807) is 0 Å². The van der Waals surface area contributed by atoms with E-state index in [0.717, 1.165) is 6.92 Å². The summed E-state index contributed by atoms with van der Waals surface area (Å²) in [5, 5.41) is 7.13. The zero-order chi connectivity index (χ0) is 12.3. The highest BCUT2D eigenvalue weighted by Gasteiger charge is 2.28. The van der Waals surface area contributed by atoms with Crippen LogP contribution in [0.2, 0.25) is 0 Å². The van der Waals surface area contributed by atoms with Crippen molar-refractivity contribution in [2.45, 2.75) is 33.1 Å². The zero-order valence-electron chi connectivity index (χ0n) is 9.92. The summed E-state index contributed by atoms with van der Waals surface area (Å²) in [6, 6.07) is 1.37. The molecule has 3 nitrogen and oxygen atoms in total. The van der Waals surface area contributed by atoms with E-state index in [-0.39, 0.29) is 5.69 Å². The van der Waals surface area contributed by atoms with Crippen molar-refractivity contribution >= 4 is 0 Å². The van der Waals surface area contributed by atoms with E-state index in [1.807, 2.05) is 13.8 Å². The maximum Gasteiger partial charge on any atom is 0.288 e. The molecule has 0 saturated carbocycles. The molecule has 90 valence electrons. The van der Waals surface area contributed by atoms with Gasteiger partial charge >= 0.3 is 0 Å². The number of alkyl halides is 2. The summed E-state index contributed by atoms with van der Waals surface area (Å²) in [4.78, 5) is 0.